The van der Waals surface area contributed by atoms with Crippen LogP contribution in [0.3, 0.4) is 0 Å². The van der Waals surface area contributed by atoms with E-state index in [2.05, 4.69) is 10.2 Å². The maximum absolute atomic E-state index is 12.2. The van der Waals surface area contributed by atoms with Crippen LogP contribution in [0.15, 0.2) is 24.3 Å². The van der Waals surface area contributed by atoms with E-state index in [1.165, 1.54) is 0 Å². The Hall–Kier alpha value is -1.46. The highest BCUT2D eigenvalue weighted by molar-refractivity contribution is 6.30. The number of amides is 2. The van der Waals surface area contributed by atoms with Crippen LogP contribution in [0, 0.1) is 5.92 Å². The number of carbonyl (C=O) groups excluding carboxylic acids is 1. The molecule has 0 aromatic heterocycles. The van der Waals surface area contributed by atoms with E-state index in [1.54, 1.807) is 11.9 Å². The normalized spacial score (nSPS) is 22.0. The third-order valence-corrected chi connectivity index (χ3v) is 4.90. The SMILES string of the molecule is CN(CC(O)C1CC1)C(=O)NC1CCN(c2cccc(Cl)c2)C1. The second-order valence-electron chi connectivity index (χ2n) is 6.65. The predicted octanol–water partition coefficient (Wildman–Crippen LogP) is 2.33. The molecule has 6 heteroatoms. The fourth-order valence-corrected chi connectivity index (χ4v) is 3.25. The Morgan fingerprint density at radius 1 is 1.48 bits per heavy atom. The first-order valence-corrected chi connectivity index (χ1v) is 8.61. The number of hydrogen-bond donors (Lipinski definition) is 2. The number of aliphatic hydroxyl groups excluding tert-OH is 1. The smallest absolute Gasteiger partial charge is 0.317 e. The van der Waals surface area contributed by atoms with Gasteiger partial charge in [-0.25, -0.2) is 4.79 Å². The molecule has 1 heterocycles. The average molecular weight is 338 g/mol. The lowest BCUT2D eigenvalue weighted by Crippen LogP contribution is -2.46. The van der Waals surface area contributed by atoms with Crippen molar-refractivity contribution in [3.8, 4) is 0 Å². The van der Waals surface area contributed by atoms with Gasteiger partial charge in [0.05, 0.1) is 6.10 Å². The molecule has 2 amide bonds. The highest BCUT2D eigenvalue weighted by atomic mass is 35.5. The van der Waals surface area contributed by atoms with Crippen molar-refractivity contribution in [2.45, 2.75) is 31.4 Å². The summed E-state index contributed by atoms with van der Waals surface area (Å²) in [6.45, 7) is 2.09. The van der Waals surface area contributed by atoms with Crippen molar-refractivity contribution in [2.75, 3.05) is 31.6 Å². The molecule has 1 saturated heterocycles. The van der Waals surface area contributed by atoms with Crippen LogP contribution >= 0.6 is 11.6 Å². The number of nitrogens with one attached hydrogen (secondary N) is 1. The molecular weight excluding hydrogens is 314 g/mol. The Morgan fingerprint density at radius 2 is 2.26 bits per heavy atom. The van der Waals surface area contributed by atoms with Crippen molar-refractivity contribution >= 4 is 23.3 Å². The zero-order chi connectivity index (χ0) is 16.4. The van der Waals surface area contributed by atoms with E-state index >= 15 is 0 Å². The predicted molar refractivity (Wildman–Crippen MR) is 92.0 cm³/mol. The van der Waals surface area contributed by atoms with Crippen molar-refractivity contribution in [3.05, 3.63) is 29.3 Å². The zero-order valence-electron chi connectivity index (χ0n) is 13.4. The highest BCUT2D eigenvalue weighted by Crippen LogP contribution is 2.32. The first-order chi connectivity index (χ1) is 11.0. The van der Waals surface area contributed by atoms with E-state index in [4.69, 9.17) is 11.6 Å². The molecule has 126 valence electrons. The third kappa shape index (κ3) is 4.30. The van der Waals surface area contributed by atoms with Gasteiger partial charge in [0.25, 0.3) is 0 Å². The number of likely N-dealkylation sites (N-methyl/N-ethyl adjacent to an activating group) is 1. The van der Waals surface area contributed by atoms with Gasteiger partial charge in [0.2, 0.25) is 0 Å². The average Bonchev–Trinajstić information content (AvgIpc) is 3.27. The quantitative estimate of drug-likeness (QED) is 0.867. The van der Waals surface area contributed by atoms with Gasteiger partial charge in [-0.15, -0.1) is 0 Å². The fourth-order valence-electron chi connectivity index (χ4n) is 3.06. The molecule has 2 aliphatic rings. The van der Waals surface area contributed by atoms with Gasteiger partial charge in [0, 0.05) is 43.4 Å². The number of carbonyl (C=O) groups is 1. The Balaban J connectivity index is 1.48. The summed E-state index contributed by atoms with van der Waals surface area (Å²) in [7, 11) is 1.74. The molecule has 2 atom stereocenters. The van der Waals surface area contributed by atoms with E-state index in [0.29, 0.717) is 12.5 Å². The van der Waals surface area contributed by atoms with Crippen molar-refractivity contribution in [1.82, 2.24) is 10.2 Å². The van der Waals surface area contributed by atoms with Crippen molar-refractivity contribution in [1.29, 1.82) is 0 Å². The molecule has 0 spiro atoms. The molecule has 2 N–H and O–H groups in total. The molecular formula is C17H24ClN3O2. The minimum Gasteiger partial charge on any atom is -0.391 e. The monoisotopic (exact) mass is 337 g/mol. The van der Waals surface area contributed by atoms with Gasteiger partial charge in [-0.3, -0.25) is 0 Å². The molecule has 5 nitrogen and oxygen atoms in total. The van der Waals surface area contributed by atoms with Crippen LogP contribution in [0.25, 0.3) is 0 Å². The fraction of sp³-hybridized carbons (Fsp3) is 0.588. The lowest BCUT2D eigenvalue weighted by atomic mass is 10.2. The largest absolute Gasteiger partial charge is 0.391 e. The lowest BCUT2D eigenvalue weighted by Gasteiger charge is -2.24. The Kier molecular flexibility index (Phi) is 4.97. The van der Waals surface area contributed by atoms with Crippen LogP contribution < -0.4 is 10.2 Å². The number of urea groups is 1. The van der Waals surface area contributed by atoms with Gasteiger partial charge in [-0.2, -0.15) is 0 Å². The van der Waals surface area contributed by atoms with E-state index in [1.807, 2.05) is 24.3 Å². The van der Waals surface area contributed by atoms with Gasteiger partial charge in [-0.1, -0.05) is 17.7 Å². The number of benzene rings is 1. The molecule has 23 heavy (non-hydrogen) atoms. The summed E-state index contributed by atoms with van der Waals surface area (Å²) in [6, 6.07) is 7.81. The van der Waals surface area contributed by atoms with E-state index in [-0.39, 0.29) is 12.1 Å². The maximum Gasteiger partial charge on any atom is 0.317 e. The minimum atomic E-state index is -0.391. The Morgan fingerprint density at radius 3 is 2.96 bits per heavy atom. The van der Waals surface area contributed by atoms with Crippen molar-refractivity contribution in [2.24, 2.45) is 5.92 Å². The van der Waals surface area contributed by atoms with Crippen LogP contribution in [0.2, 0.25) is 5.02 Å². The zero-order valence-corrected chi connectivity index (χ0v) is 14.2. The molecule has 1 aromatic carbocycles. The Bertz CT molecular complexity index is 565. The van der Waals surface area contributed by atoms with Crippen molar-refractivity contribution < 1.29 is 9.90 Å². The van der Waals surface area contributed by atoms with Crippen LogP contribution in [0.1, 0.15) is 19.3 Å². The van der Waals surface area contributed by atoms with Crippen LogP contribution in [-0.2, 0) is 0 Å². The first kappa shape index (κ1) is 16.4. The van der Waals surface area contributed by atoms with Gasteiger partial charge >= 0.3 is 6.03 Å². The molecule has 2 unspecified atom stereocenters. The van der Waals surface area contributed by atoms with Crippen LogP contribution in [0.5, 0.6) is 0 Å². The number of rotatable bonds is 5. The molecule has 2 fully saturated rings. The number of nitrogens with zero attached hydrogens (tertiary/aromatic N) is 2. The second kappa shape index (κ2) is 6.97. The number of anilines is 1. The molecule has 1 aliphatic heterocycles. The standard InChI is InChI=1S/C17H24ClN3O2/c1-20(11-16(22)12-5-6-12)17(23)19-14-7-8-21(10-14)15-4-2-3-13(18)9-15/h2-4,9,12,14,16,22H,5-8,10-11H2,1H3,(H,19,23). The van der Waals surface area contributed by atoms with Crippen LogP contribution in [-0.4, -0.2) is 54.9 Å². The molecule has 1 aromatic rings. The summed E-state index contributed by atoms with van der Waals surface area (Å²) >= 11 is 6.04. The third-order valence-electron chi connectivity index (χ3n) is 4.66. The summed E-state index contributed by atoms with van der Waals surface area (Å²) in [5.74, 6) is 0.384. The summed E-state index contributed by atoms with van der Waals surface area (Å²) in [5.41, 5.74) is 1.09. The summed E-state index contributed by atoms with van der Waals surface area (Å²) < 4.78 is 0. The number of halogens is 1. The van der Waals surface area contributed by atoms with Gasteiger partial charge in [-0.05, 0) is 43.4 Å². The molecule has 1 saturated carbocycles. The maximum atomic E-state index is 12.2. The van der Waals surface area contributed by atoms with E-state index in [9.17, 15) is 9.90 Å². The van der Waals surface area contributed by atoms with Gasteiger partial charge < -0.3 is 20.2 Å². The number of aliphatic hydroxyl groups is 1. The summed E-state index contributed by atoms with van der Waals surface area (Å²) in [6.07, 6.45) is 2.68. The molecule has 3 rings (SSSR count). The summed E-state index contributed by atoms with van der Waals surface area (Å²) in [4.78, 5) is 16.1. The summed E-state index contributed by atoms with van der Waals surface area (Å²) in [5, 5.41) is 13.7. The van der Waals surface area contributed by atoms with Gasteiger partial charge in [0.1, 0.15) is 0 Å². The first-order valence-electron chi connectivity index (χ1n) is 8.23. The molecule has 0 radical (unpaired) electrons. The van der Waals surface area contributed by atoms with E-state index in [0.717, 1.165) is 43.1 Å². The van der Waals surface area contributed by atoms with Gasteiger partial charge in [0.15, 0.2) is 0 Å². The van der Waals surface area contributed by atoms with Crippen molar-refractivity contribution in [3.63, 3.8) is 0 Å². The topological polar surface area (TPSA) is 55.8 Å². The Labute approximate surface area is 142 Å². The number of hydrogen-bond acceptors (Lipinski definition) is 3. The molecule has 1 aliphatic carbocycles. The van der Waals surface area contributed by atoms with E-state index < -0.39 is 6.10 Å². The highest BCUT2D eigenvalue weighted by Gasteiger charge is 2.32. The lowest BCUT2D eigenvalue weighted by molar-refractivity contribution is 0.113. The van der Waals surface area contributed by atoms with Crippen LogP contribution in [0.4, 0.5) is 10.5 Å². The minimum absolute atomic E-state index is 0.109. The second-order valence-corrected chi connectivity index (χ2v) is 7.08. The molecule has 0 bridgehead atoms.